The summed E-state index contributed by atoms with van der Waals surface area (Å²) in [7, 11) is 0. The van der Waals surface area contributed by atoms with Gasteiger partial charge in [-0.25, -0.2) is 9.69 Å². The fraction of sp³-hybridized carbons (Fsp3) is 0.615. The number of fused-ring (bicyclic) bond motifs is 2. The Morgan fingerprint density at radius 2 is 2.05 bits per heavy atom. The number of ether oxygens (including phenoxy) is 1. The number of carbonyl (C=O) groups is 1. The van der Waals surface area contributed by atoms with Gasteiger partial charge in [-0.3, -0.25) is 4.90 Å². The Balaban J connectivity index is 1.63. The Morgan fingerprint density at radius 3 is 2.63 bits per heavy atom. The fourth-order valence-electron chi connectivity index (χ4n) is 3.63. The first-order valence-electron chi connectivity index (χ1n) is 6.64. The van der Waals surface area contributed by atoms with Gasteiger partial charge >= 0.3 is 6.09 Å². The van der Waals surface area contributed by atoms with Crippen LogP contribution in [0, 0.1) is 5.92 Å². The maximum Gasteiger partial charge on any atom is 0.417 e. The van der Waals surface area contributed by atoms with Crippen molar-refractivity contribution in [1.82, 2.24) is 4.90 Å². The van der Waals surface area contributed by atoms with Crippen molar-refractivity contribution in [2.24, 2.45) is 5.92 Å². The number of halogens is 1. The quantitative estimate of drug-likeness (QED) is 0.795. The molecule has 19 heavy (non-hydrogen) atoms. The van der Waals surface area contributed by atoms with E-state index < -0.39 is 0 Å². The van der Waals surface area contributed by atoms with Crippen LogP contribution in [0.15, 0.2) is 21.2 Å². The van der Waals surface area contributed by atoms with E-state index in [1.807, 2.05) is 0 Å². The largest absolute Gasteiger partial charge is 0.439 e. The van der Waals surface area contributed by atoms with Crippen molar-refractivity contribution in [3.05, 3.63) is 16.8 Å². The van der Waals surface area contributed by atoms with Crippen LogP contribution >= 0.6 is 15.9 Å². The molecule has 5 heterocycles. The molecule has 1 amide bonds. The Morgan fingerprint density at radius 1 is 1.26 bits per heavy atom. The van der Waals surface area contributed by atoms with Crippen LogP contribution in [-0.2, 0) is 4.74 Å². The number of anilines is 1. The van der Waals surface area contributed by atoms with Gasteiger partial charge in [0.25, 0.3) is 0 Å². The summed E-state index contributed by atoms with van der Waals surface area (Å²) in [5, 5.41) is 0. The van der Waals surface area contributed by atoms with Crippen molar-refractivity contribution >= 4 is 27.9 Å². The summed E-state index contributed by atoms with van der Waals surface area (Å²) in [5.41, 5.74) is -0.327. The Bertz CT molecular complexity index is 524. The van der Waals surface area contributed by atoms with Crippen molar-refractivity contribution in [3.8, 4) is 0 Å². The van der Waals surface area contributed by atoms with Crippen LogP contribution in [0.1, 0.15) is 12.8 Å². The van der Waals surface area contributed by atoms with Crippen LogP contribution in [0.5, 0.6) is 0 Å². The monoisotopic (exact) mass is 326 g/mol. The third-order valence-electron chi connectivity index (χ3n) is 4.58. The van der Waals surface area contributed by atoms with Crippen molar-refractivity contribution in [2.75, 3.05) is 31.1 Å². The highest BCUT2D eigenvalue weighted by Crippen LogP contribution is 2.43. The lowest BCUT2D eigenvalue weighted by Crippen LogP contribution is -2.61. The summed E-state index contributed by atoms with van der Waals surface area (Å²) >= 11 is 3.27. The molecular weight excluding hydrogens is 312 g/mol. The summed E-state index contributed by atoms with van der Waals surface area (Å²) in [6.45, 7) is 3.74. The number of furan rings is 1. The third-order valence-corrected chi connectivity index (χ3v) is 5.01. The molecule has 4 saturated heterocycles. The molecule has 1 atom stereocenters. The average Bonchev–Trinajstić information content (AvgIpc) is 2.95. The fourth-order valence-corrected chi connectivity index (χ4v) is 3.93. The van der Waals surface area contributed by atoms with E-state index in [1.54, 1.807) is 17.0 Å². The van der Waals surface area contributed by atoms with Gasteiger partial charge in [0.05, 0.1) is 6.54 Å². The molecule has 4 aliphatic heterocycles. The van der Waals surface area contributed by atoms with E-state index >= 15 is 0 Å². The molecule has 0 radical (unpaired) electrons. The molecule has 1 spiro atoms. The third kappa shape index (κ3) is 1.73. The van der Waals surface area contributed by atoms with Gasteiger partial charge in [-0.05, 0) is 47.9 Å². The Labute approximate surface area is 119 Å². The molecule has 1 aromatic rings. The van der Waals surface area contributed by atoms with Crippen LogP contribution < -0.4 is 4.90 Å². The zero-order valence-corrected chi connectivity index (χ0v) is 12.1. The summed E-state index contributed by atoms with van der Waals surface area (Å²) < 4.78 is 11.9. The van der Waals surface area contributed by atoms with Crippen LogP contribution in [0.4, 0.5) is 10.7 Å². The number of amides is 1. The molecular formula is C13H15BrN2O3. The van der Waals surface area contributed by atoms with Gasteiger partial charge in [0, 0.05) is 18.5 Å². The van der Waals surface area contributed by atoms with Gasteiger partial charge in [-0.15, -0.1) is 0 Å². The standard InChI is InChI=1S/C13H15BrN2O3/c14-10-1-2-11(18-10)16-8-13(19-12(16)17)7-15-5-3-9(13)4-6-15/h1-2,9H,3-8H2/t13-/m0/s1. The lowest BCUT2D eigenvalue weighted by atomic mass is 9.75. The smallest absolute Gasteiger partial charge is 0.417 e. The zero-order valence-electron chi connectivity index (χ0n) is 10.5. The molecule has 4 fully saturated rings. The highest BCUT2D eigenvalue weighted by Gasteiger charge is 2.56. The molecule has 0 N–H and O–H groups in total. The van der Waals surface area contributed by atoms with E-state index in [9.17, 15) is 4.79 Å². The molecule has 5 nitrogen and oxygen atoms in total. The first-order valence-corrected chi connectivity index (χ1v) is 7.44. The first-order chi connectivity index (χ1) is 9.16. The van der Waals surface area contributed by atoms with Gasteiger partial charge in [0.1, 0.15) is 5.60 Å². The number of carbonyl (C=O) groups excluding carboxylic acids is 1. The molecule has 1 aromatic heterocycles. The molecule has 6 heteroatoms. The van der Waals surface area contributed by atoms with Crippen molar-refractivity contribution < 1.29 is 13.9 Å². The first kappa shape index (κ1) is 11.8. The molecule has 5 rings (SSSR count). The van der Waals surface area contributed by atoms with Crippen molar-refractivity contribution in [2.45, 2.75) is 18.4 Å². The highest BCUT2D eigenvalue weighted by molar-refractivity contribution is 9.10. The predicted octanol–water partition coefficient (Wildman–Crippen LogP) is 2.46. The van der Waals surface area contributed by atoms with E-state index in [4.69, 9.17) is 9.15 Å². The predicted molar refractivity (Wildman–Crippen MR) is 72.1 cm³/mol. The van der Waals surface area contributed by atoms with Gasteiger partial charge in [-0.1, -0.05) is 0 Å². The van der Waals surface area contributed by atoms with Crippen molar-refractivity contribution in [3.63, 3.8) is 0 Å². The normalized spacial score (nSPS) is 37.1. The SMILES string of the molecule is O=C1O[C@@]2(CN3CCC2CC3)CN1c1ccc(Br)o1. The second-order valence-corrected chi connectivity index (χ2v) is 6.43. The minimum Gasteiger partial charge on any atom is -0.439 e. The van der Waals surface area contributed by atoms with Gasteiger partial charge in [0.2, 0.25) is 5.88 Å². The lowest BCUT2D eigenvalue weighted by Gasteiger charge is -2.49. The molecule has 4 aliphatic rings. The Hall–Kier alpha value is -1.01. The number of piperidine rings is 3. The molecule has 0 aromatic carbocycles. The lowest BCUT2D eigenvalue weighted by molar-refractivity contribution is -0.0881. The summed E-state index contributed by atoms with van der Waals surface area (Å²) in [5.74, 6) is 1.05. The van der Waals surface area contributed by atoms with Gasteiger partial charge in [-0.2, -0.15) is 0 Å². The van der Waals surface area contributed by atoms with Crippen LogP contribution in [0.3, 0.4) is 0 Å². The highest BCUT2D eigenvalue weighted by atomic mass is 79.9. The van der Waals surface area contributed by atoms with E-state index in [2.05, 4.69) is 20.8 Å². The minimum atomic E-state index is -0.327. The van der Waals surface area contributed by atoms with E-state index in [-0.39, 0.29) is 11.7 Å². The number of hydrogen-bond acceptors (Lipinski definition) is 4. The zero-order chi connectivity index (χ0) is 13.0. The molecule has 102 valence electrons. The average molecular weight is 327 g/mol. The van der Waals surface area contributed by atoms with Crippen LogP contribution in [-0.4, -0.2) is 42.8 Å². The van der Waals surface area contributed by atoms with Gasteiger partial charge < -0.3 is 9.15 Å². The molecule has 2 bridgehead atoms. The maximum absolute atomic E-state index is 12.1. The summed E-state index contributed by atoms with van der Waals surface area (Å²) in [4.78, 5) is 16.2. The van der Waals surface area contributed by atoms with Crippen LogP contribution in [0.2, 0.25) is 0 Å². The van der Waals surface area contributed by atoms with Gasteiger partial charge in [0.15, 0.2) is 4.67 Å². The Kier molecular flexibility index (Phi) is 2.48. The second-order valence-electron chi connectivity index (χ2n) is 5.65. The van der Waals surface area contributed by atoms with E-state index in [1.165, 1.54) is 0 Å². The topological polar surface area (TPSA) is 45.9 Å². The van der Waals surface area contributed by atoms with Crippen molar-refractivity contribution in [1.29, 1.82) is 0 Å². The molecule has 0 aliphatic carbocycles. The van der Waals surface area contributed by atoms with E-state index in [0.29, 0.717) is 23.0 Å². The number of rotatable bonds is 1. The second kappa shape index (κ2) is 3.99. The maximum atomic E-state index is 12.1. The number of hydrogen-bond donors (Lipinski definition) is 0. The minimum absolute atomic E-state index is 0.282. The molecule has 0 saturated carbocycles. The number of nitrogens with zero attached hydrogens (tertiary/aromatic N) is 2. The summed E-state index contributed by atoms with van der Waals surface area (Å²) in [6.07, 6.45) is 1.97. The van der Waals surface area contributed by atoms with E-state index in [0.717, 1.165) is 32.5 Å². The molecule has 0 unspecified atom stereocenters. The van der Waals surface area contributed by atoms with Crippen LogP contribution in [0.25, 0.3) is 0 Å². The summed E-state index contributed by atoms with van der Waals surface area (Å²) in [6, 6.07) is 3.59.